The summed E-state index contributed by atoms with van der Waals surface area (Å²) in [7, 11) is 2.58. The van der Waals surface area contributed by atoms with Crippen LogP contribution in [0, 0.1) is 17.8 Å². The summed E-state index contributed by atoms with van der Waals surface area (Å²) in [5, 5.41) is 5.43. The summed E-state index contributed by atoms with van der Waals surface area (Å²) in [6.45, 7) is 12.5. The van der Waals surface area contributed by atoms with Crippen molar-refractivity contribution < 1.29 is 28.7 Å². The van der Waals surface area contributed by atoms with Crippen molar-refractivity contribution in [3.8, 4) is 33.6 Å². The van der Waals surface area contributed by atoms with Gasteiger partial charge < -0.3 is 39.9 Å². The van der Waals surface area contributed by atoms with Gasteiger partial charge in [-0.05, 0) is 84.6 Å². The predicted octanol–water partition coefficient (Wildman–Crippen LogP) is 7.60. The monoisotopic (exact) mass is 828 g/mol. The van der Waals surface area contributed by atoms with Crippen LogP contribution in [0.15, 0.2) is 72.1 Å². The average Bonchev–Trinajstić information content (AvgIpc) is 4.08. The molecule has 4 N–H and O–H groups in total. The molecule has 320 valence electrons. The van der Waals surface area contributed by atoms with Crippen molar-refractivity contribution >= 4 is 24.0 Å². The van der Waals surface area contributed by atoms with Crippen LogP contribution in [0.25, 0.3) is 33.6 Å². The predicted molar refractivity (Wildman–Crippen MR) is 231 cm³/mol. The molecule has 2 aliphatic carbocycles. The molecular formula is C47H56N8O6. The summed E-state index contributed by atoms with van der Waals surface area (Å²) in [4.78, 5) is 72.0. The number of carbonyl (C=O) groups is 4. The van der Waals surface area contributed by atoms with Crippen molar-refractivity contribution in [1.29, 1.82) is 0 Å². The molecule has 4 aromatic rings. The van der Waals surface area contributed by atoms with Gasteiger partial charge in [-0.15, -0.1) is 0 Å². The van der Waals surface area contributed by atoms with Gasteiger partial charge in [0.2, 0.25) is 11.8 Å². The highest BCUT2D eigenvalue weighted by Gasteiger charge is 2.43. The van der Waals surface area contributed by atoms with Crippen LogP contribution in [0.1, 0.15) is 95.2 Å². The largest absolute Gasteiger partial charge is 0.453 e. The number of fused-ring (bicyclic) bond motifs is 3. The number of hydrogen-bond acceptors (Lipinski definition) is 8. The van der Waals surface area contributed by atoms with Gasteiger partial charge in [-0.3, -0.25) is 9.59 Å². The van der Waals surface area contributed by atoms with E-state index in [0.717, 1.165) is 45.6 Å². The lowest BCUT2D eigenvalue weighted by Crippen LogP contribution is -2.51. The molecule has 2 aromatic carbocycles. The van der Waals surface area contributed by atoms with E-state index in [2.05, 4.69) is 63.1 Å². The first kappa shape index (κ1) is 41.5. The molecule has 1 fully saturated rings. The van der Waals surface area contributed by atoms with E-state index in [1.807, 2.05) is 60.0 Å². The first-order valence-electron chi connectivity index (χ1n) is 21.3. The molecular weight excluding hydrogens is 773 g/mol. The summed E-state index contributed by atoms with van der Waals surface area (Å²) in [6.07, 6.45) is 9.92. The van der Waals surface area contributed by atoms with Gasteiger partial charge in [0, 0.05) is 18.7 Å². The fraction of sp³-hybridized carbons (Fsp3) is 0.447. The van der Waals surface area contributed by atoms with E-state index in [0.29, 0.717) is 36.6 Å². The molecule has 4 heterocycles. The third-order valence-electron chi connectivity index (χ3n) is 12.9. The number of benzene rings is 2. The van der Waals surface area contributed by atoms with Crippen LogP contribution in [0.3, 0.4) is 0 Å². The lowest BCUT2D eigenvalue weighted by atomic mass is 9.73. The molecule has 14 nitrogen and oxygen atoms in total. The van der Waals surface area contributed by atoms with E-state index in [9.17, 15) is 19.2 Å². The van der Waals surface area contributed by atoms with Crippen LogP contribution in [-0.2, 0) is 25.5 Å². The van der Waals surface area contributed by atoms with Gasteiger partial charge in [0.15, 0.2) is 0 Å². The molecule has 4 amide bonds. The molecule has 0 radical (unpaired) electrons. The van der Waals surface area contributed by atoms with Gasteiger partial charge in [0.25, 0.3) is 0 Å². The number of aromatic amines is 2. The molecule has 0 spiro atoms. The van der Waals surface area contributed by atoms with Crippen molar-refractivity contribution in [1.82, 2.24) is 40.4 Å². The molecule has 4 aliphatic rings. The Bertz CT molecular complexity index is 2410. The summed E-state index contributed by atoms with van der Waals surface area (Å²) in [6, 6.07) is 10.8. The number of H-pyrrole nitrogens is 2. The Morgan fingerprint density at radius 2 is 1.18 bits per heavy atom. The number of rotatable bonds is 11. The zero-order chi connectivity index (χ0) is 43.3. The maximum atomic E-state index is 13.9. The minimum atomic E-state index is -0.734. The molecule has 14 heteroatoms. The minimum absolute atomic E-state index is 0.136. The maximum absolute atomic E-state index is 13.9. The quantitative estimate of drug-likeness (QED) is 0.112. The summed E-state index contributed by atoms with van der Waals surface area (Å²) in [5.74, 6) is 1.84. The topological polar surface area (TPSA) is 175 Å². The number of nitrogens with one attached hydrogen (secondary N) is 4. The van der Waals surface area contributed by atoms with E-state index in [1.54, 1.807) is 9.80 Å². The minimum Gasteiger partial charge on any atom is -0.453 e. The average molecular weight is 829 g/mol. The summed E-state index contributed by atoms with van der Waals surface area (Å²) in [5.41, 5.74) is 11.2. The molecule has 6 atom stereocenters. The van der Waals surface area contributed by atoms with E-state index in [1.165, 1.54) is 43.8 Å². The molecule has 6 unspecified atom stereocenters. The Morgan fingerprint density at radius 3 is 1.67 bits per heavy atom. The molecule has 2 aliphatic heterocycles. The number of aromatic nitrogens is 4. The SMILES string of the molecule is COC(=O)NC(C(=O)N1CC(C)=CC1c1ncc(-c2ccc(-c3ccc(-c4cnc(C5C=C(C)CN5C(=O)C(NC(=O)OC)C(C)C)[nH]4)c4c3C3CCC3C4)cc2)[nH]1)C(C)C. The Hall–Kier alpha value is -6.18. The first-order valence-corrected chi connectivity index (χ1v) is 21.3. The normalized spacial score (nSPS) is 21.3. The van der Waals surface area contributed by atoms with Gasteiger partial charge in [0.05, 0.1) is 38.0 Å². The number of alkyl carbamates (subject to hydrolysis) is 2. The van der Waals surface area contributed by atoms with E-state index < -0.39 is 30.3 Å². The second-order valence-corrected chi connectivity index (χ2v) is 17.7. The van der Waals surface area contributed by atoms with Crippen LogP contribution >= 0.6 is 0 Å². The first-order chi connectivity index (χ1) is 29.3. The highest BCUT2D eigenvalue weighted by atomic mass is 16.5. The number of amides is 4. The number of nitrogens with zero attached hydrogens (tertiary/aromatic N) is 4. The zero-order valence-corrected chi connectivity index (χ0v) is 36.2. The van der Waals surface area contributed by atoms with Gasteiger partial charge >= 0.3 is 12.2 Å². The second-order valence-electron chi connectivity index (χ2n) is 17.7. The lowest BCUT2D eigenvalue weighted by Gasteiger charge is -2.31. The zero-order valence-electron chi connectivity index (χ0n) is 36.2. The number of methoxy groups -OCH3 is 2. The van der Waals surface area contributed by atoms with Crippen LogP contribution < -0.4 is 10.6 Å². The van der Waals surface area contributed by atoms with Crippen molar-refractivity contribution in [2.45, 2.75) is 90.9 Å². The maximum Gasteiger partial charge on any atom is 0.407 e. The molecule has 61 heavy (non-hydrogen) atoms. The van der Waals surface area contributed by atoms with Gasteiger partial charge in [-0.2, -0.15) is 0 Å². The smallest absolute Gasteiger partial charge is 0.407 e. The van der Waals surface area contributed by atoms with Crippen molar-refractivity contribution in [2.75, 3.05) is 27.3 Å². The molecule has 2 aromatic heterocycles. The Balaban J connectivity index is 1.03. The molecule has 8 rings (SSSR count). The van der Waals surface area contributed by atoms with E-state index in [4.69, 9.17) is 19.4 Å². The second kappa shape index (κ2) is 16.7. The van der Waals surface area contributed by atoms with Crippen molar-refractivity contribution in [3.05, 3.63) is 94.9 Å². The number of carbonyl (C=O) groups excluding carboxylic acids is 4. The van der Waals surface area contributed by atoms with E-state index >= 15 is 0 Å². The van der Waals surface area contributed by atoms with Crippen LogP contribution in [0.2, 0.25) is 0 Å². The molecule has 0 saturated heterocycles. The number of hydrogen-bond donors (Lipinski definition) is 4. The Labute approximate surface area is 356 Å². The van der Waals surface area contributed by atoms with Gasteiger partial charge in [-0.1, -0.05) is 87.4 Å². The fourth-order valence-electron chi connectivity index (χ4n) is 9.55. The molecule has 0 bridgehead atoms. The van der Waals surface area contributed by atoms with Crippen molar-refractivity contribution in [2.24, 2.45) is 17.8 Å². The fourth-order valence-corrected chi connectivity index (χ4v) is 9.55. The number of ether oxygens (including phenoxy) is 2. The van der Waals surface area contributed by atoms with Crippen LogP contribution in [-0.4, -0.2) is 93.1 Å². The van der Waals surface area contributed by atoms with Crippen molar-refractivity contribution in [3.63, 3.8) is 0 Å². The third-order valence-corrected chi connectivity index (χ3v) is 12.9. The standard InChI is InChI=1S/C47H56N8O6/c1-24(2)40(52-46(58)60-7)44(56)54-22-26(5)17-37(54)42-48-20-35(50-42)29-11-9-28(10-12-29)31-15-16-33(34-19-30-13-14-32(30)39(31)34)36-21-49-43(51-36)38-18-27(6)23-55(38)45(57)41(25(3)4)53-47(59)61-8/h9-12,15-18,20-21,24-25,30,32,37-38,40-41H,13-14,19,22-23H2,1-8H3,(H,48,50)(H,49,51)(H,52,58)(H,53,59). The Morgan fingerprint density at radius 1 is 0.689 bits per heavy atom. The van der Waals surface area contributed by atoms with Crippen LogP contribution in [0.4, 0.5) is 9.59 Å². The highest BCUT2D eigenvalue weighted by molar-refractivity contribution is 5.88. The highest BCUT2D eigenvalue weighted by Crippen LogP contribution is 2.56. The third kappa shape index (κ3) is 7.83. The lowest BCUT2D eigenvalue weighted by molar-refractivity contribution is -0.135. The Kier molecular flexibility index (Phi) is 11.4. The summed E-state index contributed by atoms with van der Waals surface area (Å²) < 4.78 is 9.61. The van der Waals surface area contributed by atoms with Crippen LogP contribution in [0.5, 0.6) is 0 Å². The molecule has 1 saturated carbocycles. The number of imidazole rings is 2. The van der Waals surface area contributed by atoms with Gasteiger partial charge in [-0.25, -0.2) is 19.6 Å². The van der Waals surface area contributed by atoms with E-state index in [-0.39, 0.29) is 29.7 Å². The van der Waals surface area contributed by atoms with Gasteiger partial charge in [0.1, 0.15) is 35.8 Å². The summed E-state index contributed by atoms with van der Waals surface area (Å²) >= 11 is 0.